The van der Waals surface area contributed by atoms with Crippen LogP contribution in [0, 0.1) is 6.92 Å². The van der Waals surface area contributed by atoms with E-state index in [0.29, 0.717) is 16.5 Å². The van der Waals surface area contributed by atoms with Gasteiger partial charge in [0.15, 0.2) is 6.73 Å². The van der Waals surface area contributed by atoms with Crippen molar-refractivity contribution in [3.05, 3.63) is 99.8 Å². The number of hydrogen-bond donors (Lipinski definition) is 1. The Labute approximate surface area is 189 Å². The Kier molecular flexibility index (Phi) is 6.29. The Morgan fingerprint density at radius 1 is 1.03 bits per heavy atom. The first-order chi connectivity index (χ1) is 15.8. The molecule has 0 unspecified atom stereocenters. The highest BCUT2D eigenvalue weighted by atomic mass is 32.2. The summed E-state index contributed by atoms with van der Waals surface area (Å²) in [4.78, 5) is 25.0. The quantitative estimate of drug-likeness (QED) is 0.417. The molecule has 0 saturated heterocycles. The molecule has 168 valence electrons. The Balaban J connectivity index is 1.50. The molecule has 0 saturated carbocycles. The van der Waals surface area contributed by atoms with Crippen molar-refractivity contribution in [2.24, 2.45) is 0 Å². The van der Waals surface area contributed by atoms with Gasteiger partial charge >= 0.3 is 5.97 Å². The summed E-state index contributed by atoms with van der Waals surface area (Å²) in [5, 5.41) is 8.04. The molecule has 0 aliphatic carbocycles. The molecule has 0 atom stereocenters. The van der Waals surface area contributed by atoms with Gasteiger partial charge in [0.25, 0.3) is 5.56 Å². The summed E-state index contributed by atoms with van der Waals surface area (Å²) < 4.78 is 34.3. The molecule has 3 aromatic carbocycles. The van der Waals surface area contributed by atoms with Gasteiger partial charge in [-0.2, -0.15) is 4.68 Å². The summed E-state index contributed by atoms with van der Waals surface area (Å²) in [5.74, 6) is -0.795. The number of esters is 1. The minimum absolute atomic E-state index is 0.0301. The zero-order valence-electron chi connectivity index (χ0n) is 17.6. The number of nitrogens with zero attached hydrogens (tertiary/aromatic N) is 3. The van der Waals surface area contributed by atoms with Gasteiger partial charge in [0.1, 0.15) is 5.52 Å². The predicted octanol–water partition coefficient (Wildman–Crippen LogP) is 2.39. The minimum Gasteiger partial charge on any atom is -0.439 e. The van der Waals surface area contributed by atoms with Crippen molar-refractivity contribution < 1.29 is 17.9 Å². The van der Waals surface area contributed by atoms with Crippen molar-refractivity contribution in [1.29, 1.82) is 0 Å². The van der Waals surface area contributed by atoms with Crippen LogP contribution in [-0.2, 0) is 28.0 Å². The third-order valence-electron chi connectivity index (χ3n) is 4.97. The van der Waals surface area contributed by atoms with Crippen molar-refractivity contribution in [3.63, 3.8) is 0 Å². The number of hydrogen-bond acceptors (Lipinski definition) is 7. The number of fused-ring (bicyclic) bond motifs is 1. The topological polar surface area (TPSA) is 120 Å². The normalized spacial score (nSPS) is 11.4. The summed E-state index contributed by atoms with van der Waals surface area (Å²) in [5.41, 5.74) is 1.29. The average Bonchev–Trinajstić information content (AvgIpc) is 2.83. The van der Waals surface area contributed by atoms with Gasteiger partial charge in [0.05, 0.1) is 15.8 Å². The molecule has 4 rings (SSSR count). The molecule has 10 heteroatoms. The van der Waals surface area contributed by atoms with Crippen molar-refractivity contribution >= 4 is 26.9 Å². The van der Waals surface area contributed by atoms with Crippen LogP contribution in [0.1, 0.15) is 21.5 Å². The van der Waals surface area contributed by atoms with Crippen LogP contribution in [0.3, 0.4) is 0 Å². The van der Waals surface area contributed by atoms with Crippen molar-refractivity contribution in [1.82, 2.24) is 19.7 Å². The molecular weight excluding hydrogens is 444 g/mol. The van der Waals surface area contributed by atoms with Crippen LogP contribution in [0.4, 0.5) is 0 Å². The SMILES string of the molecule is Cc1ccc(C(=O)OCn2nnc3ccccc3c2=O)cc1S(=O)(=O)NCc1ccccc1. The van der Waals surface area contributed by atoms with E-state index in [9.17, 15) is 18.0 Å². The number of carbonyl (C=O) groups is 1. The van der Waals surface area contributed by atoms with E-state index in [1.807, 2.05) is 18.2 Å². The molecule has 33 heavy (non-hydrogen) atoms. The Bertz CT molecular complexity index is 1480. The van der Waals surface area contributed by atoms with Crippen LogP contribution < -0.4 is 10.3 Å². The maximum Gasteiger partial charge on any atom is 0.339 e. The van der Waals surface area contributed by atoms with Crippen molar-refractivity contribution in [2.45, 2.75) is 25.1 Å². The molecule has 1 aromatic heterocycles. The highest BCUT2D eigenvalue weighted by Crippen LogP contribution is 2.18. The molecule has 1 N–H and O–H groups in total. The molecule has 4 aromatic rings. The number of rotatable bonds is 7. The molecule has 0 aliphatic heterocycles. The van der Waals surface area contributed by atoms with E-state index in [4.69, 9.17) is 4.74 Å². The van der Waals surface area contributed by atoms with Gasteiger partial charge in [0.2, 0.25) is 10.0 Å². The number of nitrogens with one attached hydrogen (secondary N) is 1. The van der Waals surface area contributed by atoms with Crippen LogP contribution in [0.2, 0.25) is 0 Å². The maximum absolute atomic E-state index is 12.8. The van der Waals surface area contributed by atoms with Gasteiger partial charge in [-0.3, -0.25) is 4.79 Å². The Morgan fingerprint density at radius 2 is 1.76 bits per heavy atom. The Hall–Kier alpha value is -3.89. The number of aromatic nitrogens is 3. The lowest BCUT2D eigenvalue weighted by atomic mass is 10.1. The highest BCUT2D eigenvalue weighted by Gasteiger charge is 2.20. The summed E-state index contributed by atoms with van der Waals surface area (Å²) in [7, 11) is -3.88. The number of aryl methyl sites for hydroxylation is 1. The van der Waals surface area contributed by atoms with Gasteiger partial charge in [-0.15, -0.1) is 5.10 Å². The third-order valence-corrected chi connectivity index (χ3v) is 6.51. The fraction of sp³-hybridized carbons (Fsp3) is 0.130. The lowest BCUT2D eigenvalue weighted by molar-refractivity contribution is 0.0336. The van der Waals surface area contributed by atoms with Crippen LogP contribution >= 0.6 is 0 Å². The van der Waals surface area contributed by atoms with Gasteiger partial charge in [-0.05, 0) is 42.3 Å². The van der Waals surface area contributed by atoms with Gasteiger partial charge < -0.3 is 4.74 Å². The van der Waals surface area contributed by atoms with E-state index < -0.39 is 28.3 Å². The van der Waals surface area contributed by atoms with Crippen LogP contribution in [-0.4, -0.2) is 29.4 Å². The number of ether oxygens (including phenoxy) is 1. The maximum atomic E-state index is 12.8. The molecule has 1 heterocycles. The summed E-state index contributed by atoms with van der Waals surface area (Å²) in [6.07, 6.45) is 0. The van der Waals surface area contributed by atoms with E-state index in [2.05, 4.69) is 15.0 Å². The molecule has 0 aliphatic rings. The van der Waals surface area contributed by atoms with E-state index >= 15 is 0 Å². The monoisotopic (exact) mass is 464 g/mol. The van der Waals surface area contributed by atoms with Gasteiger partial charge in [0, 0.05) is 6.54 Å². The third kappa shape index (κ3) is 4.97. The van der Waals surface area contributed by atoms with E-state index in [-0.39, 0.29) is 17.0 Å². The summed E-state index contributed by atoms with van der Waals surface area (Å²) in [6.45, 7) is 1.29. The first-order valence-electron chi connectivity index (χ1n) is 9.99. The zero-order chi connectivity index (χ0) is 23.4. The first-order valence-corrected chi connectivity index (χ1v) is 11.5. The molecule has 9 nitrogen and oxygen atoms in total. The van der Waals surface area contributed by atoms with Crippen molar-refractivity contribution in [3.8, 4) is 0 Å². The standard InChI is InChI=1S/C23H20N4O5S/c1-16-11-12-18(13-21(16)33(30,31)24-14-17-7-3-2-4-8-17)23(29)32-15-27-22(28)19-9-5-6-10-20(19)25-26-27/h2-13,24H,14-15H2,1H3. The molecule has 0 radical (unpaired) electrons. The molecule has 0 amide bonds. The second kappa shape index (κ2) is 9.31. The zero-order valence-corrected chi connectivity index (χ0v) is 18.5. The lowest BCUT2D eigenvalue weighted by Gasteiger charge is -2.11. The van der Waals surface area contributed by atoms with Gasteiger partial charge in [-0.1, -0.05) is 53.7 Å². The first kappa shape index (κ1) is 22.3. The largest absolute Gasteiger partial charge is 0.439 e. The second-order valence-electron chi connectivity index (χ2n) is 7.26. The number of benzene rings is 3. The second-order valence-corrected chi connectivity index (χ2v) is 9.00. The van der Waals surface area contributed by atoms with E-state index in [1.165, 1.54) is 18.2 Å². The Morgan fingerprint density at radius 3 is 2.55 bits per heavy atom. The summed E-state index contributed by atoms with van der Waals surface area (Å²) >= 11 is 0. The smallest absolute Gasteiger partial charge is 0.339 e. The molecule has 0 spiro atoms. The van der Waals surface area contributed by atoms with Gasteiger partial charge in [-0.25, -0.2) is 17.9 Å². The average molecular weight is 465 g/mol. The molecular formula is C23H20N4O5S. The van der Waals surface area contributed by atoms with Crippen LogP contribution in [0.25, 0.3) is 10.9 Å². The summed E-state index contributed by atoms with van der Waals surface area (Å²) in [6, 6.07) is 20.0. The molecule has 0 bridgehead atoms. The lowest BCUT2D eigenvalue weighted by Crippen LogP contribution is -2.27. The van der Waals surface area contributed by atoms with E-state index in [1.54, 1.807) is 43.3 Å². The highest BCUT2D eigenvalue weighted by molar-refractivity contribution is 7.89. The molecule has 0 fully saturated rings. The number of carbonyl (C=O) groups excluding carboxylic acids is 1. The van der Waals surface area contributed by atoms with Crippen LogP contribution in [0.15, 0.2) is 82.5 Å². The number of sulfonamides is 1. The van der Waals surface area contributed by atoms with Crippen LogP contribution in [0.5, 0.6) is 0 Å². The van der Waals surface area contributed by atoms with E-state index in [0.717, 1.165) is 10.2 Å². The predicted molar refractivity (Wildman–Crippen MR) is 121 cm³/mol. The fourth-order valence-electron chi connectivity index (χ4n) is 3.18. The minimum atomic E-state index is -3.88. The fourth-order valence-corrected chi connectivity index (χ4v) is 4.47. The van der Waals surface area contributed by atoms with Crippen molar-refractivity contribution in [2.75, 3.05) is 0 Å².